The van der Waals surface area contributed by atoms with E-state index < -0.39 is 11.9 Å². The van der Waals surface area contributed by atoms with Crippen molar-refractivity contribution in [3.8, 4) is 33.4 Å². The Balaban J connectivity index is 1.35. The Morgan fingerprint density at radius 2 is 0.915 bits per heavy atom. The highest BCUT2D eigenvalue weighted by Crippen LogP contribution is 2.48. The Kier molecular flexibility index (Phi) is 5.91. The second kappa shape index (κ2) is 10.1. The van der Waals surface area contributed by atoms with Gasteiger partial charge in [-0.1, -0.05) is 115 Å². The van der Waals surface area contributed by atoms with Crippen LogP contribution in [0.2, 0.25) is 0 Å². The van der Waals surface area contributed by atoms with E-state index >= 15 is 0 Å². The van der Waals surface area contributed by atoms with Gasteiger partial charge in [-0.25, -0.2) is 4.39 Å². The zero-order valence-corrected chi connectivity index (χ0v) is 24.7. The number of hydrogen-bond donors (Lipinski definition) is 0. The molecule has 0 N–H and O–H groups in total. The fraction of sp³-hybridized carbons (Fsp3) is 0.0238. The summed E-state index contributed by atoms with van der Waals surface area (Å²) in [6.45, 7) is 0. The first kappa shape index (κ1) is 27.5. The van der Waals surface area contributed by atoms with Gasteiger partial charge in [0, 0.05) is 11.8 Å². The highest BCUT2D eigenvalue weighted by molar-refractivity contribution is 6.30. The van der Waals surface area contributed by atoms with E-state index in [4.69, 9.17) is 0 Å². The molecule has 0 spiro atoms. The molecule has 224 valence electrons. The minimum Gasteiger partial charge on any atom is -0.251 e. The van der Waals surface area contributed by atoms with Crippen molar-refractivity contribution in [2.24, 2.45) is 0 Å². The van der Waals surface area contributed by atoms with Gasteiger partial charge in [0.05, 0.1) is 0 Å². The number of halogens is 4. The molecule has 9 aromatic rings. The molecular weight excluding hydrogens is 594 g/mol. The van der Waals surface area contributed by atoms with E-state index in [0.29, 0.717) is 5.56 Å². The SMILES string of the molecule is Fc1ccc(-c2c3ccccc3c(-c3ccc4ccc5c(-c6ccc(C(F)(F)F)nc6)ccc6ccc3c4c65)c3ccccc23)cc1. The lowest BCUT2D eigenvalue weighted by atomic mass is 9.83. The van der Waals surface area contributed by atoms with E-state index in [1.54, 1.807) is 0 Å². The molecule has 1 nitrogen and oxygen atoms in total. The maximum atomic E-state index is 14.0. The summed E-state index contributed by atoms with van der Waals surface area (Å²) in [7, 11) is 0. The van der Waals surface area contributed by atoms with Crippen LogP contribution in [0.3, 0.4) is 0 Å². The van der Waals surface area contributed by atoms with Gasteiger partial charge in [0.15, 0.2) is 0 Å². The number of nitrogens with zero attached hydrogens (tertiary/aromatic N) is 1. The summed E-state index contributed by atoms with van der Waals surface area (Å²) in [5.74, 6) is -0.273. The lowest BCUT2D eigenvalue weighted by Gasteiger charge is -2.20. The van der Waals surface area contributed by atoms with E-state index in [2.05, 4.69) is 77.8 Å². The number of rotatable bonds is 3. The van der Waals surface area contributed by atoms with Gasteiger partial charge in [0.1, 0.15) is 11.5 Å². The monoisotopic (exact) mass is 617 g/mol. The lowest BCUT2D eigenvalue weighted by Crippen LogP contribution is -2.07. The van der Waals surface area contributed by atoms with Crippen LogP contribution in [0.15, 0.2) is 140 Å². The third-order valence-electron chi connectivity index (χ3n) is 9.36. The Bertz CT molecular complexity index is 2600. The molecule has 0 amide bonds. The normalized spacial score (nSPS) is 12.3. The Morgan fingerprint density at radius 1 is 0.426 bits per heavy atom. The van der Waals surface area contributed by atoms with Crippen LogP contribution in [0.25, 0.3) is 87.2 Å². The van der Waals surface area contributed by atoms with Crippen molar-refractivity contribution in [2.75, 3.05) is 0 Å². The minimum absolute atomic E-state index is 0.273. The number of aromatic nitrogens is 1. The summed E-state index contributed by atoms with van der Waals surface area (Å²) in [4.78, 5) is 3.74. The van der Waals surface area contributed by atoms with E-state index in [-0.39, 0.29) is 5.82 Å². The van der Waals surface area contributed by atoms with Gasteiger partial charge in [-0.3, -0.25) is 4.98 Å². The Labute approximate surface area is 266 Å². The van der Waals surface area contributed by atoms with E-state index in [1.807, 2.05) is 36.4 Å². The summed E-state index contributed by atoms with van der Waals surface area (Å²) in [5, 5.41) is 10.7. The van der Waals surface area contributed by atoms with Crippen LogP contribution in [0.4, 0.5) is 17.6 Å². The molecule has 0 bridgehead atoms. The zero-order chi connectivity index (χ0) is 31.9. The average Bonchev–Trinajstić information content (AvgIpc) is 3.10. The molecule has 0 saturated heterocycles. The maximum Gasteiger partial charge on any atom is 0.433 e. The van der Waals surface area contributed by atoms with Gasteiger partial charge in [-0.15, -0.1) is 0 Å². The van der Waals surface area contributed by atoms with Crippen molar-refractivity contribution in [1.82, 2.24) is 4.98 Å². The van der Waals surface area contributed by atoms with Crippen LogP contribution in [0.1, 0.15) is 5.69 Å². The molecule has 1 heterocycles. The standard InChI is InChI=1S/C42H23F4N/c43-28-16-9-24(10-17-28)38-30-5-1-3-7-32(30)41(33-8-4-2-6-31(33)38)36-21-14-26-12-19-34-29(27-15-22-37(47-23-27)42(44,45)46)18-11-25-13-20-35(36)40(26)39(25)34/h1-23H. The third-order valence-corrected chi connectivity index (χ3v) is 9.36. The summed E-state index contributed by atoms with van der Waals surface area (Å²) < 4.78 is 53.8. The Hall–Kier alpha value is -5.81. The summed E-state index contributed by atoms with van der Waals surface area (Å²) in [5.41, 5.74) is 4.77. The van der Waals surface area contributed by atoms with Crippen molar-refractivity contribution >= 4 is 53.9 Å². The molecule has 0 aliphatic heterocycles. The molecule has 0 aliphatic rings. The first-order valence-corrected chi connectivity index (χ1v) is 15.3. The molecule has 0 radical (unpaired) electrons. The fourth-order valence-corrected chi connectivity index (χ4v) is 7.34. The number of alkyl halides is 3. The quantitative estimate of drug-likeness (QED) is 0.109. The van der Waals surface area contributed by atoms with E-state index in [9.17, 15) is 17.6 Å². The van der Waals surface area contributed by atoms with Crippen molar-refractivity contribution in [3.63, 3.8) is 0 Å². The largest absolute Gasteiger partial charge is 0.433 e. The van der Waals surface area contributed by atoms with Crippen molar-refractivity contribution in [1.29, 1.82) is 0 Å². The van der Waals surface area contributed by atoms with Crippen LogP contribution in [0, 0.1) is 5.82 Å². The maximum absolute atomic E-state index is 14.0. The number of hydrogen-bond acceptors (Lipinski definition) is 1. The average molecular weight is 618 g/mol. The van der Waals surface area contributed by atoms with Gasteiger partial charge in [0.2, 0.25) is 0 Å². The Morgan fingerprint density at radius 3 is 1.45 bits per heavy atom. The number of pyridine rings is 1. The van der Waals surface area contributed by atoms with E-state index in [1.165, 1.54) is 24.4 Å². The molecule has 0 atom stereocenters. The van der Waals surface area contributed by atoms with Crippen molar-refractivity contribution in [3.05, 3.63) is 151 Å². The minimum atomic E-state index is -4.50. The second-order valence-corrected chi connectivity index (χ2v) is 11.9. The molecule has 0 unspecified atom stereocenters. The van der Waals surface area contributed by atoms with E-state index in [0.717, 1.165) is 87.7 Å². The zero-order valence-electron chi connectivity index (χ0n) is 24.7. The second-order valence-electron chi connectivity index (χ2n) is 11.9. The molecule has 0 aliphatic carbocycles. The van der Waals surface area contributed by atoms with Gasteiger partial charge >= 0.3 is 6.18 Å². The van der Waals surface area contributed by atoms with Gasteiger partial charge < -0.3 is 0 Å². The van der Waals surface area contributed by atoms with Crippen molar-refractivity contribution < 1.29 is 17.6 Å². The first-order chi connectivity index (χ1) is 22.9. The predicted molar refractivity (Wildman–Crippen MR) is 184 cm³/mol. The molecule has 1 aromatic heterocycles. The summed E-state index contributed by atoms with van der Waals surface area (Å²) in [6, 6.07) is 42.7. The summed E-state index contributed by atoms with van der Waals surface area (Å²) in [6.07, 6.45) is -3.19. The van der Waals surface area contributed by atoms with Gasteiger partial charge in [0.25, 0.3) is 0 Å². The fourth-order valence-electron chi connectivity index (χ4n) is 7.34. The smallest absolute Gasteiger partial charge is 0.251 e. The highest BCUT2D eigenvalue weighted by atomic mass is 19.4. The molecule has 5 heteroatoms. The third kappa shape index (κ3) is 4.20. The first-order valence-electron chi connectivity index (χ1n) is 15.3. The molecule has 0 saturated carbocycles. The number of benzene rings is 8. The van der Waals surface area contributed by atoms with Crippen LogP contribution < -0.4 is 0 Å². The molecule has 47 heavy (non-hydrogen) atoms. The van der Waals surface area contributed by atoms with Crippen LogP contribution in [-0.2, 0) is 6.18 Å². The lowest BCUT2D eigenvalue weighted by molar-refractivity contribution is -0.141. The predicted octanol–water partition coefficient (Wildman–Crippen LogP) is 12.4. The van der Waals surface area contributed by atoms with Crippen LogP contribution in [-0.4, -0.2) is 4.98 Å². The molecule has 8 aromatic carbocycles. The molecule has 9 rings (SSSR count). The molecule has 0 fully saturated rings. The summed E-state index contributed by atoms with van der Waals surface area (Å²) >= 11 is 0. The van der Waals surface area contributed by atoms with Crippen molar-refractivity contribution in [2.45, 2.75) is 6.18 Å². The molecular formula is C42H23F4N. The van der Waals surface area contributed by atoms with Gasteiger partial charge in [-0.05, 0) is 99.9 Å². The highest BCUT2D eigenvalue weighted by Gasteiger charge is 2.32. The van der Waals surface area contributed by atoms with Crippen LogP contribution >= 0.6 is 0 Å². The topological polar surface area (TPSA) is 12.9 Å². The number of fused-ring (bicyclic) bond motifs is 2. The van der Waals surface area contributed by atoms with Crippen LogP contribution in [0.5, 0.6) is 0 Å². The van der Waals surface area contributed by atoms with Gasteiger partial charge in [-0.2, -0.15) is 13.2 Å².